The van der Waals surface area contributed by atoms with Gasteiger partial charge in [-0.15, -0.1) is 11.3 Å². The number of methoxy groups -OCH3 is 1. The van der Waals surface area contributed by atoms with E-state index in [4.69, 9.17) is 4.74 Å². The van der Waals surface area contributed by atoms with Crippen molar-refractivity contribution < 1.29 is 9.84 Å². The molecule has 0 amide bonds. The first-order valence-electron chi connectivity index (χ1n) is 5.98. The normalized spacial score (nSPS) is 10.6. The van der Waals surface area contributed by atoms with Crippen molar-refractivity contribution in [2.75, 3.05) is 7.11 Å². The molecule has 0 fully saturated rings. The molecule has 2 aromatic rings. The minimum Gasteiger partial charge on any atom is -0.497 e. The lowest BCUT2D eigenvalue weighted by atomic mass is 10.1. The quantitative estimate of drug-likeness (QED) is 0.902. The average Bonchev–Trinajstić information content (AvgIpc) is 2.81. The zero-order chi connectivity index (χ0) is 13.0. The van der Waals surface area contributed by atoms with Gasteiger partial charge in [-0.1, -0.05) is 19.1 Å². The van der Waals surface area contributed by atoms with E-state index in [0.29, 0.717) is 0 Å². The number of aromatic nitrogens is 1. The maximum Gasteiger partial charge on any atom is 0.118 e. The fraction of sp³-hybridized carbons (Fsp3) is 0.357. The standard InChI is InChI=1S/C14H17NO2S/c1-3-13-12(9-16)15-14(18-13)8-10-4-6-11(17-2)7-5-10/h4-7,16H,3,8-9H2,1-2H3. The van der Waals surface area contributed by atoms with Crippen molar-refractivity contribution in [2.45, 2.75) is 26.4 Å². The molecule has 0 aliphatic heterocycles. The zero-order valence-corrected chi connectivity index (χ0v) is 11.5. The Kier molecular flexibility index (Phi) is 4.33. The van der Waals surface area contributed by atoms with Gasteiger partial charge in [0.15, 0.2) is 0 Å². The molecule has 0 saturated heterocycles. The molecule has 0 aliphatic carbocycles. The van der Waals surface area contributed by atoms with Crippen molar-refractivity contribution >= 4 is 11.3 Å². The van der Waals surface area contributed by atoms with Crippen LogP contribution in [0.25, 0.3) is 0 Å². The highest BCUT2D eigenvalue weighted by Gasteiger charge is 2.09. The Balaban J connectivity index is 2.14. The van der Waals surface area contributed by atoms with E-state index in [1.807, 2.05) is 24.3 Å². The summed E-state index contributed by atoms with van der Waals surface area (Å²) in [5.74, 6) is 0.864. The van der Waals surface area contributed by atoms with Crippen molar-refractivity contribution in [2.24, 2.45) is 0 Å². The summed E-state index contributed by atoms with van der Waals surface area (Å²) in [6.45, 7) is 2.12. The van der Waals surface area contributed by atoms with Crippen molar-refractivity contribution in [1.29, 1.82) is 0 Å². The molecule has 1 aromatic carbocycles. The van der Waals surface area contributed by atoms with E-state index < -0.39 is 0 Å². The van der Waals surface area contributed by atoms with Gasteiger partial charge in [-0.2, -0.15) is 0 Å². The Labute approximate surface area is 111 Å². The third kappa shape index (κ3) is 2.89. The van der Waals surface area contributed by atoms with Gasteiger partial charge in [-0.25, -0.2) is 4.98 Å². The Morgan fingerprint density at radius 3 is 2.50 bits per heavy atom. The predicted octanol–water partition coefficient (Wildman–Crippen LogP) is 2.80. The van der Waals surface area contributed by atoms with Gasteiger partial charge in [0.05, 0.1) is 24.4 Å². The van der Waals surface area contributed by atoms with E-state index in [1.165, 1.54) is 10.4 Å². The fourth-order valence-electron chi connectivity index (χ4n) is 1.83. The van der Waals surface area contributed by atoms with Gasteiger partial charge in [0.25, 0.3) is 0 Å². The largest absolute Gasteiger partial charge is 0.497 e. The third-order valence-electron chi connectivity index (χ3n) is 2.81. The number of hydrogen-bond donors (Lipinski definition) is 1. The van der Waals surface area contributed by atoms with Crippen LogP contribution in [-0.4, -0.2) is 17.2 Å². The molecule has 0 aliphatic rings. The van der Waals surface area contributed by atoms with Crippen LogP contribution in [0.3, 0.4) is 0 Å². The number of hydrogen-bond acceptors (Lipinski definition) is 4. The second kappa shape index (κ2) is 5.98. The van der Waals surface area contributed by atoms with Crippen molar-refractivity contribution in [3.8, 4) is 5.75 Å². The highest BCUT2D eigenvalue weighted by Crippen LogP contribution is 2.22. The Bertz CT molecular complexity index is 484. The molecule has 18 heavy (non-hydrogen) atoms. The first-order chi connectivity index (χ1) is 8.76. The summed E-state index contributed by atoms with van der Waals surface area (Å²) < 4.78 is 5.13. The summed E-state index contributed by atoms with van der Waals surface area (Å²) in [7, 11) is 1.66. The molecule has 0 spiro atoms. The van der Waals surface area contributed by atoms with Crippen LogP contribution < -0.4 is 4.74 Å². The summed E-state index contributed by atoms with van der Waals surface area (Å²) >= 11 is 1.69. The summed E-state index contributed by atoms with van der Waals surface area (Å²) in [6.07, 6.45) is 1.73. The van der Waals surface area contributed by atoms with Crippen molar-refractivity contribution in [3.05, 3.63) is 45.4 Å². The molecule has 0 atom stereocenters. The molecular weight excluding hydrogens is 246 g/mol. The molecule has 96 valence electrons. The second-order valence-electron chi connectivity index (χ2n) is 4.01. The summed E-state index contributed by atoms with van der Waals surface area (Å²) in [4.78, 5) is 5.66. The maximum atomic E-state index is 9.22. The predicted molar refractivity (Wildman–Crippen MR) is 73.2 cm³/mol. The number of nitrogens with zero attached hydrogens (tertiary/aromatic N) is 1. The zero-order valence-electron chi connectivity index (χ0n) is 10.6. The van der Waals surface area contributed by atoms with Crippen LogP contribution in [0.2, 0.25) is 0 Å². The monoisotopic (exact) mass is 263 g/mol. The minimum atomic E-state index is 0.0300. The molecule has 2 rings (SSSR count). The lowest BCUT2D eigenvalue weighted by molar-refractivity contribution is 0.276. The number of rotatable bonds is 5. The second-order valence-corrected chi connectivity index (χ2v) is 5.18. The first kappa shape index (κ1) is 13.1. The SMILES string of the molecule is CCc1sc(Cc2ccc(OC)cc2)nc1CO. The van der Waals surface area contributed by atoms with E-state index in [1.54, 1.807) is 18.4 Å². The van der Waals surface area contributed by atoms with Gasteiger partial charge in [-0.05, 0) is 24.1 Å². The van der Waals surface area contributed by atoms with Crippen LogP contribution in [0.15, 0.2) is 24.3 Å². The average molecular weight is 263 g/mol. The Morgan fingerprint density at radius 2 is 2.00 bits per heavy atom. The van der Waals surface area contributed by atoms with Gasteiger partial charge in [0.1, 0.15) is 5.75 Å². The van der Waals surface area contributed by atoms with Crippen LogP contribution in [0, 0.1) is 0 Å². The molecule has 0 bridgehead atoms. The van der Waals surface area contributed by atoms with Crippen LogP contribution in [0.1, 0.15) is 28.1 Å². The first-order valence-corrected chi connectivity index (χ1v) is 6.79. The molecule has 0 radical (unpaired) electrons. The number of aryl methyl sites for hydroxylation is 1. The molecule has 0 unspecified atom stereocenters. The van der Waals surface area contributed by atoms with E-state index in [9.17, 15) is 5.11 Å². The summed E-state index contributed by atoms with van der Waals surface area (Å²) in [5, 5.41) is 10.3. The van der Waals surface area contributed by atoms with Gasteiger partial charge in [0.2, 0.25) is 0 Å². The van der Waals surface area contributed by atoms with Crippen LogP contribution in [0.5, 0.6) is 5.75 Å². The van der Waals surface area contributed by atoms with Crippen LogP contribution >= 0.6 is 11.3 Å². The number of ether oxygens (including phenoxy) is 1. The Morgan fingerprint density at radius 1 is 1.28 bits per heavy atom. The summed E-state index contributed by atoms with van der Waals surface area (Å²) in [5.41, 5.74) is 2.03. The Hall–Kier alpha value is -1.39. The van der Waals surface area contributed by atoms with Crippen LogP contribution in [-0.2, 0) is 19.4 Å². The minimum absolute atomic E-state index is 0.0300. The van der Waals surface area contributed by atoms with Gasteiger partial charge in [0, 0.05) is 11.3 Å². The third-order valence-corrected chi connectivity index (χ3v) is 4.05. The lowest BCUT2D eigenvalue weighted by Gasteiger charge is -2.01. The topological polar surface area (TPSA) is 42.4 Å². The smallest absolute Gasteiger partial charge is 0.118 e. The van der Waals surface area contributed by atoms with Crippen molar-refractivity contribution in [3.63, 3.8) is 0 Å². The molecule has 1 heterocycles. The van der Waals surface area contributed by atoms with Gasteiger partial charge >= 0.3 is 0 Å². The van der Waals surface area contributed by atoms with Gasteiger partial charge < -0.3 is 9.84 Å². The maximum absolute atomic E-state index is 9.22. The van der Waals surface area contributed by atoms with Crippen molar-refractivity contribution in [1.82, 2.24) is 4.98 Å². The summed E-state index contributed by atoms with van der Waals surface area (Å²) in [6, 6.07) is 8.00. The highest BCUT2D eigenvalue weighted by molar-refractivity contribution is 7.11. The molecule has 0 saturated carbocycles. The molecule has 1 N–H and O–H groups in total. The molecule has 1 aromatic heterocycles. The number of aliphatic hydroxyl groups is 1. The van der Waals surface area contributed by atoms with E-state index in [0.717, 1.165) is 29.3 Å². The van der Waals surface area contributed by atoms with Gasteiger partial charge in [-0.3, -0.25) is 0 Å². The lowest BCUT2D eigenvalue weighted by Crippen LogP contribution is -1.91. The molecule has 3 nitrogen and oxygen atoms in total. The highest BCUT2D eigenvalue weighted by atomic mass is 32.1. The van der Waals surface area contributed by atoms with Crippen LogP contribution in [0.4, 0.5) is 0 Å². The van der Waals surface area contributed by atoms with E-state index in [-0.39, 0.29) is 6.61 Å². The molecular formula is C14H17NO2S. The van der Waals surface area contributed by atoms with E-state index in [2.05, 4.69) is 11.9 Å². The van der Waals surface area contributed by atoms with E-state index >= 15 is 0 Å². The molecule has 4 heteroatoms. The number of aliphatic hydroxyl groups excluding tert-OH is 1. The number of benzene rings is 1. The fourth-order valence-corrected chi connectivity index (χ4v) is 2.88. The number of thiazole rings is 1.